The van der Waals surface area contributed by atoms with E-state index in [0.29, 0.717) is 13.1 Å². The fourth-order valence-corrected chi connectivity index (χ4v) is 2.93. The molecule has 0 aliphatic heterocycles. The molecular weight excluding hydrogens is 354 g/mol. The molecule has 1 amide bonds. The van der Waals surface area contributed by atoms with Gasteiger partial charge in [-0.15, -0.1) is 5.10 Å². The van der Waals surface area contributed by atoms with E-state index in [1.54, 1.807) is 0 Å². The molecular formula is C20H19N7O. The molecule has 0 atom stereocenters. The number of amides is 1. The standard InChI is InChI=1S/C20H19N7O/c28-19(14-27-15-22-24-25-27)21-11-18-13-26(12-16-7-3-1-4-8-16)23-20(18)17-9-5-2-6-10-17/h1-10,13,15H,11-12,14H2,(H,21,28). The highest BCUT2D eigenvalue weighted by Gasteiger charge is 2.13. The Bertz CT molecular complexity index is 1030. The Labute approximate surface area is 161 Å². The number of tetrazole rings is 1. The minimum atomic E-state index is -0.165. The zero-order valence-electron chi connectivity index (χ0n) is 15.1. The van der Waals surface area contributed by atoms with Gasteiger partial charge in [0, 0.05) is 23.9 Å². The fraction of sp³-hybridized carbons (Fsp3) is 0.150. The van der Waals surface area contributed by atoms with Gasteiger partial charge in [0.25, 0.3) is 0 Å². The van der Waals surface area contributed by atoms with Crippen molar-refractivity contribution in [2.75, 3.05) is 0 Å². The number of carbonyl (C=O) groups excluding carboxylic acids is 1. The SMILES string of the molecule is O=C(Cn1cnnn1)NCc1cn(Cc2ccccc2)nc1-c1ccccc1. The summed E-state index contributed by atoms with van der Waals surface area (Å²) in [5.74, 6) is -0.165. The van der Waals surface area contributed by atoms with Crippen LogP contribution in [0.1, 0.15) is 11.1 Å². The number of hydrogen-bond acceptors (Lipinski definition) is 5. The third-order valence-corrected chi connectivity index (χ3v) is 4.25. The smallest absolute Gasteiger partial charge is 0.242 e. The molecule has 1 N–H and O–H groups in total. The first-order chi connectivity index (χ1) is 13.8. The molecule has 4 rings (SSSR count). The van der Waals surface area contributed by atoms with E-state index in [1.165, 1.54) is 16.6 Å². The van der Waals surface area contributed by atoms with Crippen molar-refractivity contribution in [3.63, 3.8) is 0 Å². The van der Waals surface area contributed by atoms with E-state index in [4.69, 9.17) is 5.10 Å². The second-order valence-electron chi connectivity index (χ2n) is 6.34. The van der Waals surface area contributed by atoms with Crippen molar-refractivity contribution < 1.29 is 4.79 Å². The van der Waals surface area contributed by atoms with Crippen molar-refractivity contribution in [3.05, 3.63) is 84.3 Å². The maximum absolute atomic E-state index is 12.2. The monoisotopic (exact) mass is 373 g/mol. The van der Waals surface area contributed by atoms with Crippen molar-refractivity contribution >= 4 is 5.91 Å². The molecule has 28 heavy (non-hydrogen) atoms. The van der Waals surface area contributed by atoms with Crippen molar-refractivity contribution in [1.82, 2.24) is 35.3 Å². The lowest BCUT2D eigenvalue weighted by Gasteiger charge is -2.05. The first-order valence-electron chi connectivity index (χ1n) is 8.91. The third kappa shape index (κ3) is 4.29. The lowest BCUT2D eigenvalue weighted by Crippen LogP contribution is -2.27. The van der Waals surface area contributed by atoms with E-state index >= 15 is 0 Å². The minimum absolute atomic E-state index is 0.0752. The average molecular weight is 373 g/mol. The maximum Gasteiger partial charge on any atom is 0.242 e. The summed E-state index contributed by atoms with van der Waals surface area (Å²) in [6.07, 6.45) is 3.39. The summed E-state index contributed by atoms with van der Waals surface area (Å²) in [5, 5.41) is 18.4. The summed E-state index contributed by atoms with van der Waals surface area (Å²) in [6.45, 7) is 1.12. The van der Waals surface area contributed by atoms with Crippen LogP contribution >= 0.6 is 0 Å². The highest BCUT2D eigenvalue weighted by Crippen LogP contribution is 2.22. The Kier molecular flexibility index (Phi) is 5.19. The van der Waals surface area contributed by atoms with Gasteiger partial charge in [0.15, 0.2) is 0 Å². The lowest BCUT2D eigenvalue weighted by atomic mass is 10.1. The molecule has 0 unspecified atom stereocenters. The van der Waals surface area contributed by atoms with Gasteiger partial charge in [0.1, 0.15) is 12.9 Å². The summed E-state index contributed by atoms with van der Waals surface area (Å²) >= 11 is 0. The normalized spacial score (nSPS) is 10.7. The van der Waals surface area contributed by atoms with E-state index in [0.717, 1.165) is 16.8 Å². The molecule has 0 saturated heterocycles. The number of nitrogens with one attached hydrogen (secondary N) is 1. The highest BCUT2D eigenvalue weighted by molar-refractivity contribution is 5.76. The fourth-order valence-electron chi connectivity index (χ4n) is 2.93. The number of nitrogens with zero attached hydrogens (tertiary/aromatic N) is 6. The predicted molar refractivity (Wildman–Crippen MR) is 103 cm³/mol. The Hall–Kier alpha value is -3.81. The van der Waals surface area contributed by atoms with Gasteiger partial charge in [-0.05, 0) is 16.0 Å². The topological polar surface area (TPSA) is 90.5 Å². The largest absolute Gasteiger partial charge is 0.350 e. The molecule has 0 bridgehead atoms. The summed E-state index contributed by atoms with van der Waals surface area (Å²) in [6, 6.07) is 20.1. The molecule has 0 spiro atoms. The third-order valence-electron chi connectivity index (χ3n) is 4.25. The van der Waals surface area contributed by atoms with Crippen LogP contribution in [0.3, 0.4) is 0 Å². The molecule has 140 valence electrons. The quantitative estimate of drug-likeness (QED) is 0.534. The second kappa shape index (κ2) is 8.26. The van der Waals surface area contributed by atoms with Crippen LogP contribution in [0, 0.1) is 0 Å². The summed E-state index contributed by atoms with van der Waals surface area (Å²) in [4.78, 5) is 12.2. The van der Waals surface area contributed by atoms with Crippen molar-refractivity contribution in [2.24, 2.45) is 0 Å². The number of carbonyl (C=O) groups is 1. The van der Waals surface area contributed by atoms with Gasteiger partial charge in [0.05, 0.1) is 12.2 Å². The summed E-state index contributed by atoms with van der Waals surface area (Å²) in [7, 11) is 0. The molecule has 0 fully saturated rings. The van der Waals surface area contributed by atoms with Crippen LogP contribution < -0.4 is 5.32 Å². The van der Waals surface area contributed by atoms with Gasteiger partial charge >= 0.3 is 0 Å². The Morgan fingerprint density at radius 1 is 0.964 bits per heavy atom. The molecule has 0 aliphatic carbocycles. The number of rotatable bonds is 7. The van der Waals surface area contributed by atoms with Crippen LogP contribution in [-0.4, -0.2) is 35.9 Å². The van der Waals surface area contributed by atoms with Crippen LogP contribution in [0.25, 0.3) is 11.3 Å². The van der Waals surface area contributed by atoms with Crippen molar-refractivity contribution in [2.45, 2.75) is 19.6 Å². The zero-order chi connectivity index (χ0) is 19.2. The van der Waals surface area contributed by atoms with Crippen LogP contribution in [0.15, 0.2) is 73.2 Å². The molecule has 2 heterocycles. The van der Waals surface area contributed by atoms with E-state index in [1.807, 2.05) is 59.4 Å². The Morgan fingerprint density at radius 2 is 1.71 bits per heavy atom. The van der Waals surface area contributed by atoms with Gasteiger partial charge in [-0.2, -0.15) is 5.10 Å². The molecule has 8 nitrogen and oxygen atoms in total. The molecule has 4 aromatic rings. The van der Waals surface area contributed by atoms with Crippen molar-refractivity contribution in [1.29, 1.82) is 0 Å². The van der Waals surface area contributed by atoms with Gasteiger partial charge < -0.3 is 5.32 Å². The summed E-state index contributed by atoms with van der Waals surface area (Å²) < 4.78 is 3.28. The molecule has 8 heteroatoms. The first-order valence-corrected chi connectivity index (χ1v) is 8.91. The van der Waals surface area contributed by atoms with E-state index < -0.39 is 0 Å². The molecule has 0 saturated carbocycles. The lowest BCUT2D eigenvalue weighted by molar-refractivity contribution is -0.122. The average Bonchev–Trinajstić information content (AvgIpc) is 3.38. The van der Waals surface area contributed by atoms with E-state index in [2.05, 4.69) is 33.0 Å². The van der Waals surface area contributed by atoms with Crippen LogP contribution in [-0.2, 0) is 24.4 Å². The van der Waals surface area contributed by atoms with Gasteiger partial charge in [-0.3, -0.25) is 9.48 Å². The van der Waals surface area contributed by atoms with Crippen molar-refractivity contribution in [3.8, 4) is 11.3 Å². The van der Waals surface area contributed by atoms with Crippen LogP contribution in [0.4, 0.5) is 0 Å². The maximum atomic E-state index is 12.2. The number of benzene rings is 2. The molecule has 2 aromatic heterocycles. The zero-order valence-corrected chi connectivity index (χ0v) is 15.1. The van der Waals surface area contributed by atoms with Gasteiger partial charge in [-0.25, -0.2) is 4.68 Å². The van der Waals surface area contributed by atoms with Crippen LogP contribution in [0.5, 0.6) is 0 Å². The van der Waals surface area contributed by atoms with Crippen LogP contribution in [0.2, 0.25) is 0 Å². The molecule has 0 aliphatic rings. The second-order valence-corrected chi connectivity index (χ2v) is 6.34. The van der Waals surface area contributed by atoms with Gasteiger partial charge in [0.2, 0.25) is 5.91 Å². The summed E-state index contributed by atoms with van der Waals surface area (Å²) in [5.41, 5.74) is 3.99. The van der Waals surface area contributed by atoms with E-state index in [-0.39, 0.29) is 12.5 Å². The number of hydrogen-bond donors (Lipinski definition) is 1. The Balaban J connectivity index is 1.53. The molecule has 2 aromatic carbocycles. The van der Waals surface area contributed by atoms with E-state index in [9.17, 15) is 4.79 Å². The van der Waals surface area contributed by atoms with Gasteiger partial charge in [-0.1, -0.05) is 60.7 Å². The highest BCUT2D eigenvalue weighted by atomic mass is 16.2. The Morgan fingerprint density at radius 3 is 2.43 bits per heavy atom. The minimum Gasteiger partial charge on any atom is -0.350 e. The number of aromatic nitrogens is 6. The molecule has 0 radical (unpaired) electrons. The predicted octanol–water partition coefficient (Wildman–Crippen LogP) is 1.90. The first kappa shape index (κ1) is 17.6.